The van der Waals surface area contributed by atoms with Gasteiger partial charge in [0.15, 0.2) is 5.13 Å². The summed E-state index contributed by atoms with van der Waals surface area (Å²) < 4.78 is 10.7. The van der Waals surface area contributed by atoms with E-state index in [0.29, 0.717) is 36.9 Å². The van der Waals surface area contributed by atoms with Gasteiger partial charge in [0.1, 0.15) is 12.3 Å². The van der Waals surface area contributed by atoms with Gasteiger partial charge >= 0.3 is 0 Å². The van der Waals surface area contributed by atoms with Gasteiger partial charge in [0.05, 0.1) is 12.3 Å². The summed E-state index contributed by atoms with van der Waals surface area (Å²) in [5.41, 5.74) is 1.41. The van der Waals surface area contributed by atoms with Crippen LogP contribution < -0.4 is 10.1 Å². The van der Waals surface area contributed by atoms with E-state index < -0.39 is 0 Å². The Morgan fingerprint density at radius 3 is 2.47 bits per heavy atom. The normalized spacial score (nSPS) is 10.7. The van der Waals surface area contributed by atoms with Crippen molar-refractivity contribution in [2.45, 2.75) is 40.0 Å². The smallest absolute Gasteiger partial charge is 0.254 e. The predicted molar refractivity (Wildman–Crippen MR) is 119 cm³/mol. The van der Waals surface area contributed by atoms with Crippen LogP contribution in [0.2, 0.25) is 0 Å². The van der Waals surface area contributed by atoms with Gasteiger partial charge in [-0.3, -0.25) is 9.59 Å². The number of aromatic nitrogens is 1. The van der Waals surface area contributed by atoms with Crippen molar-refractivity contribution in [1.82, 2.24) is 9.88 Å². The molecule has 1 N–H and O–H groups in total. The number of hydrogen-bond acceptors (Lipinski definition) is 6. The van der Waals surface area contributed by atoms with Crippen molar-refractivity contribution in [3.8, 4) is 5.75 Å². The maximum atomic E-state index is 13.0. The van der Waals surface area contributed by atoms with E-state index in [2.05, 4.69) is 17.2 Å². The van der Waals surface area contributed by atoms with Gasteiger partial charge in [-0.05, 0) is 51.0 Å². The molecule has 0 radical (unpaired) electrons. The van der Waals surface area contributed by atoms with Crippen molar-refractivity contribution in [3.05, 3.63) is 40.4 Å². The second-order valence-electron chi connectivity index (χ2n) is 7.01. The maximum absolute atomic E-state index is 13.0. The number of unbranched alkanes of at least 4 members (excludes halogenated alkanes) is 1. The first-order chi connectivity index (χ1) is 14.4. The highest BCUT2D eigenvalue weighted by Crippen LogP contribution is 2.21. The molecule has 0 fully saturated rings. The number of aryl methyl sites for hydroxylation is 2. The van der Waals surface area contributed by atoms with E-state index >= 15 is 0 Å². The lowest BCUT2D eigenvalue weighted by atomic mass is 10.2. The number of methoxy groups -OCH3 is 1. The molecule has 0 saturated heterocycles. The number of carbonyl (C=O) groups excluding carboxylic acids is 2. The lowest BCUT2D eigenvalue weighted by Crippen LogP contribution is -2.39. The molecule has 0 unspecified atom stereocenters. The van der Waals surface area contributed by atoms with Gasteiger partial charge in [-0.1, -0.05) is 13.3 Å². The van der Waals surface area contributed by atoms with Crippen molar-refractivity contribution >= 4 is 28.3 Å². The fourth-order valence-electron chi connectivity index (χ4n) is 2.72. The molecule has 0 atom stereocenters. The van der Waals surface area contributed by atoms with E-state index in [0.717, 1.165) is 29.2 Å². The van der Waals surface area contributed by atoms with E-state index in [1.54, 1.807) is 31.4 Å². The highest BCUT2D eigenvalue weighted by Gasteiger charge is 2.20. The zero-order valence-corrected chi connectivity index (χ0v) is 19.0. The van der Waals surface area contributed by atoms with Gasteiger partial charge < -0.3 is 19.7 Å². The van der Waals surface area contributed by atoms with E-state index in [-0.39, 0.29) is 18.4 Å². The van der Waals surface area contributed by atoms with Crippen molar-refractivity contribution in [3.63, 3.8) is 0 Å². The highest BCUT2D eigenvalue weighted by molar-refractivity contribution is 7.15. The van der Waals surface area contributed by atoms with Crippen molar-refractivity contribution in [1.29, 1.82) is 0 Å². The molecular weight excluding hydrogens is 402 g/mol. The fraction of sp³-hybridized carbons (Fsp3) is 0.500. The summed E-state index contributed by atoms with van der Waals surface area (Å²) in [4.78, 5) is 32.4. The molecule has 0 aliphatic heterocycles. The first-order valence-corrected chi connectivity index (χ1v) is 11.0. The third-order valence-corrected chi connectivity index (χ3v) is 5.53. The Labute approximate surface area is 182 Å². The number of hydrogen-bond donors (Lipinski definition) is 1. The average molecular weight is 434 g/mol. The zero-order valence-electron chi connectivity index (χ0n) is 18.2. The Hall–Kier alpha value is -2.45. The van der Waals surface area contributed by atoms with Gasteiger partial charge in [0, 0.05) is 30.7 Å². The molecule has 164 valence electrons. The van der Waals surface area contributed by atoms with Gasteiger partial charge in [-0.2, -0.15) is 0 Å². The first-order valence-electron chi connectivity index (χ1n) is 10.2. The predicted octanol–water partition coefficient (Wildman–Crippen LogP) is 4.06. The van der Waals surface area contributed by atoms with Gasteiger partial charge in [-0.15, -0.1) is 11.3 Å². The van der Waals surface area contributed by atoms with Crippen molar-refractivity contribution in [2.75, 3.05) is 38.7 Å². The van der Waals surface area contributed by atoms with Crippen LogP contribution in [0.15, 0.2) is 24.3 Å². The molecular formula is C22H31N3O4S. The first kappa shape index (κ1) is 23.8. The minimum Gasteiger partial charge on any atom is -0.494 e. The maximum Gasteiger partial charge on any atom is 0.254 e. The summed E-state index contributed by atoms with van der Waals surface area (Å²) in [5.74, 6) is 0.264. The van der Waals surface area contributed by atoms with E-state index in [4.69, 9.17) is 9.47 Å². The van der Waals surface area contributed by atoms with Gasteiger partial charge in [0.2, 0.25) is 5.91 Å². The van der Waals surface area contributed by atoms with Crippen LogP contribution >= 0.6 is 11.3 Å². The number of nitrogens with one attached hydrogen (secondary N) is 1. The van der Waals surface area contributed by atoms with Gasteiger partial charge in [0.25, 0.3) is 5.91 Å². The van der Waals surface area contributed by atoms with Crippen molar-refractivity contribution in [2.24, 2.45) is 0 Å². The number of rotatable bonds is 12. The highest BCUT2D eigenvalue weighted by atomic mass is 32.1. The summed E-state index contributed by atoms with van der Waals surface area (Å²) >= 11 is 1.43. The Morgan fingerprint density at radius 2 is 1.87 bits per heavy atom. The molecule has 8 heteroatoms. The summed E-state index contributed by atoms with van der Waals surface area (Å²) in [5, 5.41) is 3.34. The number of ether oxygens (including phenoxy) is 2. The lowest BCUT2D eigenvalue weighted by molar-refractivity contribution is -0.116. The number of thiazole rings is 1. The Balaban J connectivity index is 2.02. The molecule has 0 aliphatic carbocycles. The molecule has 0 spiro atoms. The van der Waals surface area contributed by atoms with Crippen LogP contribution in [0.1, 0.15) is 47.1 Å². The molecule has 2 amide bonds. The van der Waals surface area contributed by atoms with Crippen LogP contribution in [0.5, 0.6) is 5.75 Å². The van der Waals surface area contributed by atoms with Crippen LogP contribution in [0.4, 0.5) is 5.13 Å². The SMILES string of the molecule is CCCCOc1ccc(C(=O)N(CCCOC)CC(=O)Nc2nc(C)c(C)s2)cc1. The molecule has 2 aromatic rings. The second-order valence-corrected chi connectivity index (χ2v) is 8.21. The Kier molecular flexibility index (Phi) is 9.76. The standard InChI is InChI=1S/C22H31N3O4S/c1-5-6-14-29-19-10-8-18(9-11-19)21(27)25(12-7-13-28-4)15-20(26)24-22-23-16(2)17(3)30-22/h8-11H,5-7,12-15H2,1-4H3,(H,23,24,26). The molecule has 0 aliphatic rings. The molecule has 2 rings (SSSR count). The largest absolute Gasteiger partial charge is 0.494 e. The topological polar surface area (TPSA) is 80.8 Å². The minimum absolute atomic E-state index is 0.0467. The van der Waals surface area contributed by atoms with Crippen LogP contribution in [0.25, 0.3) is 0 Å². The van der Waals surface area contributed by atoms with E-state index in [1.807, 2.05) is 13.8 Å². The summed E-state index contributed by atoms with van der Waals surface area (Å²) in [6.45, 7) is 7.51. The molecule has 1 aromatic heterocycles. The summed E-state index contributed by atoms with van der Waals surface area (Å²) in [7, 11) is 1.61. The Bertz CT molecular complexity index is 801. The number of anilines is 1. The van der Waals surface area contributed by atoms with Gasteiger partial charge in [-0.25, -0.2) is 4.98 Å². The summed E-state index contributed by atoms with van der Waals surface area (Å²) in [6.07, 6.45) is 2.69. The van der Waals surface area contributed by atoms with Crippen LogP contribution in [-0.4, -0.2) is 55.1 Å². The molecule has 30 heavy (non-hydrogen) atoms. The number of nitrogens with zero attached hydrogens (tertiary/aromatic N) is 2. The molecule has 7 nitrogen and oxygen atoms in total. The third-order valence-electron chi connectivity index (χ3n) is 4.54. The van der Waals surface area contributed by atoms with Crippen LogP contribution in [0, 0.1) is 13.8 Å². The molecule has 0 saturated carbocycles. The van der Waals surface area contributed by atoms with E-state index in [9.17, 15) is 9.59 Å². The second kappa shape index (κ2) is 12.3. The summed E-state index contributed by atoms with van der Waals surface area (Å²) in [6, 6.07) is 7.05. The lowest BCUT2D eigenvalue weighted by Gasteiger charge is -2.22. The number of carbonyl (C=O) groups is 2. The molecule has 1 aromatic carbocycles. The fourth-order valence-corrected chi connectivity index (χ4v) is 3.55. The third kappa shape index (κ3) is 7.42. The van der Waals surface area contributed by atoms with Crippen molar-refractivity contribution < 1.29 is 19.1 Å². The number of amides is 2. The monoisotopic (exact) mass is 433 g/mol. The molecule has 0 bridgehead atoms. The minimum atomic E-state index is -0.269. The zero-order chi connectivity index (χ0) is 21.9. The van der Waals surface area contributed by atoms with Crippen LogP contribution in [0.3, 0.4) is 0 Å². The average Bonchev–Trinajstić information content (AvgIpc) is 3.04. The Morgan fingerprint density at radius 1 is 1.13 bits per heavy atom. The van der Waals surface area contributed by atoms with E-state index in [1.165, 1.54) is 16.2 Å². The van der Waals surface area contributed by atoms with Crippen LogP contribution in [-0.2, 0) is 9.53 Å². The number of benzene rings is 1. The molecule has 1 heterocycles. The quantitative estimate of drug-likeness (QED) is 0.511.